The molecule has 29 heavy (non-hydrogen) atoms. The highest BCUT2D eigenvalue weighted by Gasteiger charge is 2.31. The summed E-state index contributed by atoms with van der Waals surface area (Å²) in [7, 11) is 0. The van der Waals surface area contributed by atoms with Crippen LogP contribution in [0.4, 0.5) is 4.39 Å². The third-order valence-corrected chi connectivity index (χ3v) is 5.58. The van der Waals surface area contributed by atoms with Crippen LogP contribution in [0.5, 0.6) is 11.6 Å². The minimum absolute atomic E-state index is 0.0732. The van der Waals surface area contributed by atoms with Gasteiger partial charge in [-0.25, -0.2) is 14.2 Å². The molecular weight excluding hydrogens is 419 g/mol. The SMILES string of the molecule is CCOC(=O)c1c(O)c(O)n(-c2nc3c(Cl)cccc3s2)c1-c1ccc(F)cc1. The van der Waals surface area contributed by atoms with Crippen LogP contribution < -0.4 is 0 Å². The van der Waals surface area contributed by atoms with Crippen LogP contribution in [-0.2, 0) is 4.74 Å². The molecule has 2 aromatic carbocycles. The number of ether oxygens (including phenoxy) is 1. The van der Waals surface area contributed by atoms with Crippen molar-refractivity contribution in [1.29, 1.82) is 0 Å². The predicted molar refractivity (Wildman–Crippen MR) is 109 cm³/mol. The van der Waals surface area contributed by atoms with Gasteiger partial charge in [0.2, 0.25) is 5.88 Å². The number of benzene rings is 2. The number of esters is 1. The average molecular weight is 433 g/mol. The van der Waals surface area contributed by atoms with Crippen LogP contribution >= 0.6 is 22.9 Å². The number of thiazole rings is 1. The topological polar surface area (TPSA) is 84.6 Å². The Morgan fingerprint density at radius 3 is 2.62 bits per heavy atom. The predicted octanol–water partition coefficient (Wildman–Crippen LogP) is 5.13. The third-order valence-electron chi connectivity index (χ3n) is 4.27. The van der Waals surface area contributed by atoms with Crippen LogP contribution in [0.15, 0.2) is 42.5 Å². The van der Waals surface area contributed by atoms with Crippen molar-refractivity contribution >= 4 is 39.1 Å². The Bertz CT molecular complexity index is 1230. The molecule has 0 radical (unpaired) electrons. The second-order valence-corrected chi connectivity index (χ2v) is 7.46. The van der Waals surface area contributed by atoms with Crippen molar-refractivity contribution in [3.8, 4) is 28.0 Å². The number of nitrogens with zero attached hydrogens (tertiary/aromatic N) is 2. The number of hydrogen-bond acceptors (Lipinski definition) is 6. The Hall–Kier alpha value is -3.10. The molecule has 9 heteroatoms. The van der Waals surface area contributed by atoms with E-state index in [1.807, 2.05) is 6.07 Å². The van der Waals surface area contributed by atoms with E-state index in [4.69, 9.17) is 16.3 Å². The van der Waals surface area contributed by atoms with Crippen LogP contribution in [0, 0.1) is 5.82 Å². The molecule has 0 saturated carbocycles. The first-order valence-corrected chi connectivity index (χ1v) is 9.77. The highest BCUT2D eigenvalue weighted by atomic mass is 35.5. The summed E-state index contributed by atoms with van der Waals surface area (Å²) >= 11 is 7.42. The van der Waals surface area contributed by atoms with Gasteiger partial charge < -0.3 is 14.9 Å². The summed E-state index contributed by atoms with van der Waals surface area (Å²) in [4.78, 5) is 17.0. The monoisotopic (exact) mass is 432 g/mol. The van der Waals surface area contributed by atoms with Crippen LogP contribution in [0.25, 0.3) is 26.6 Å². The van der Waals surface area contributed by atoms with Crippen molar-refractivity contribution in [1.82, 2.24) is 9.55 Å². The Kier molecular flexibility index (Phi) is 4.89. The summed E-state index contributed by atoms with van der Waals surface area (Å²) in [5, 5.41) is 21.9. The molecule has 2 N–H and O–H groups in total. The summed E-state index contributed by atoms with van der Waals surface area (Å²) in [5.41, 5.74) is 0.801. The minimum atomic E-state index is -0.822. The fourth-order valence-electron chi connectivity index (χ4n) is 3.01. The quantitative estimate of drug-likeness (QED) is 0.436. The maximum absolute atomic E-state index is 13.5. The standard InChI is InChI=1S/C20H14ClFN2O4S/c1-2-28-19(27)14-16(10-6-8-11(22)9-7-10)24(18(26)17(14)25)20-23-15-12(21)4-3-5-13(15)29-20/h3-9,25-26H,2H2,1H3. The third kappa shape index (κ3) is 3.20. The lowest BCUT2D eigenvalue weighted by Crippen LogP contribution is -2.07. The van der Waals surface area contributed by atoms with Gasteiger partial charge in [0.15, 0.2) is 10.9 Å². The molecule has 0 fully saturated rings. The van der Waals surface area contributed by atoms with E-state index in [2.05, 4.69) is 4.98 Å². The normalized spacial score (nSPS) is 11.1. The van der Waals surface area contributed by atoms with Crippen molar-refractivity contribution in [2.75, 3.05) is 6.61 Å². The number of halogens is 2. The van der Waals surface area contributed by atoms with E-state index < -0.39 is 23.4 Å². The van der Waals surface area contributed by atoms with E-state index in [-0.39, 0.29) is 23.0 Å². The molecule has 2 aromatic heterocycles. The Morgan fingerprint density at radius 2 is 1.97 bits per heavy atom. The number of rotatable bonds is 4. The smallest absolute Gasteiger partial charge is 0.344 e. The fourth-order valence-corrected chi connectivity index (χ4v) is 4.28. The average Bonchev–Trinajstić information content (AvgIpc) is 3.23. The molecule has 0 atom stereocenters. The van der Waals surface area contributed by atoms with Crippen molar-refractivity contribution in [3.05, 3.63) is 58.9 Å². The molecular formula is C20H14ClFN2O4S. The van der Waals surface area contributed by atoms with Gasteiger partial charge in [-0.05, 0) is 48.9 Å². The molecule has 0 aliphatic heterocycles. The van der Waals surface area contributed by atoms with E-state index in [1.165, 1.54) is 40.2 Å². The number of para-hydroxylation sites is 1. The number of aromatic nitrogens is 2. The lowest BCUT2D eigenvalue weighted by molar-refractivity contribution is 0.0524. The van der Waals surface area contributed by atoms with Gasteiger partial charge in [0, 0.05) is 0 Å². The van der Waals surface area contributed by atoms with Crippen molar-refractivity contribution in [3.63, 3.8) is 0 Å². The molecule has 0 aliphatic rings. The minimum Gasteiger partial charge on any atom is -0.502 e. The summed E-state index contributed by atoms with van der Waals surface area (Å²) in [6, 6.07) is 10.6. The highest BCUT2D eigenvalue weighted by molar-refractivity contribution is 7.21. The lowest BCUT2D eigenvalue weighted by Gasteiger charge is -2.09. The van der Waals surface area contributed by atoms with Crippen molar-refractivity contribution in [2.24, 2.45) is 0 Å². The van der Waals surface area contributed by atoms with Gasteiger partial charge in [0.1, 0.15) is 16.9 Å². The maximum atomic E-state index is 13.5. The summed E-state index contributed by atoms with van der Waals surface area (Å²) < 4.78 is 20.5. The molecule has 0 bridgehead atoms. The van der Waals surface area contributed by atoms with Gasteiger partial charge in [-0.2, -0.15) is 0 Å². The highest BCUT2D eigenvalue weighted by Crippen LogP contribution is 2.45. The van der Waals surface area contributed by atoms with Gasteiger partial charge >= 0.3 is 5.97 Å². The van der Waals surface area contributed by atoms with Crippen molar-refractivity contribution < 1.29 is 24.1 Å². The zero-order chi connectivity index (χ0) is 20.7. The van der Waals surface area contributed by atoms with Gasteiger partial charge in [0.25, 0.3) is 0 Å². The molecule has 0 amide bonds. The molecule has 0 saturated heterocycles. The Morgan fingerprint density at radius 1 is 1.24 bits per heavy atom. The van der Waals surface area contributed by atoms with E-state index in [0.717, 1.165) is 4.70 Å². The second kappa shape index (κ2) is 7.38. The van der Waals surface area contributed by atoms with E-state index in [0.29, 0.717) is 16.1 Å². The Labute approximate surface area is 173 Å². The number of carbonyl (C=O) groups excluding carboxylic acids is 1. The van der Waals surface area contributed by atoms with Gasteiger partial charge in [-0.15, -0.1) is 0 Å². The first kappa shape index (κ1) is 19.2. The molecule has 4 rings (SSSR count). The summed E-state index contributed by atoms with van der Waals surface area (Å²) in [6.45, 7) is 1.70. The molecule has 148 valence electrons. The number of fused-ring (bicyclic) bond motifs is 1. The number of hydrogen-bond donors (Lipinski definition) is 2. The maximum Gasteiger partial charge on any atom is 0.344 e. The molecule has 0 unspecified atom stereocenters. The van der Waals surface area contributed by atoms with E-state index >= 15 is 0 Å². The largest absolute Gasteiger partial charge is 0.502 e. The second-order valence-electron chi connectivity index (χ2n) is 6.04. The molecule has 6 nitrogen and oxygen atoms in total. The zero-order valence-electron chi connectivity index (χ0n) is 15.0. The Balaban J connectivity index is 2.04. The molecule has 4 aromatic rings. The lowest BCUT2D eigenvalue weighted by atomic mass is 10.1. The van der Waals surface area contributed by atoms with Crippen molar-refractivity contribution in [2.45, 2.75) is 6.92 Å². The van der Waals surface area contributed by atoms with E-state index in [9.17, 15) is 19.4 Å². The molecule has 2 heterocycles. The van der Waals surface area contributed by atoms with Crippen LogP contribution in [0.1, 0.15) is 17.3 Å². The fraction of sp³-hybridized carbons (Fsp3) is 0.100. The first-order valence-electron chi connectivity index (χ1n) is 8.57. The van der Waals surface area contributed by atoms with E-state index in [1.54, 1.807) is 19.1 Å². The van der Waals surface area contributed by atoms with Crippen LogP contribution in [-0.4, -0.2) is 32.3 Å². The van der Waals surface area contributed by atoms with Gasteiger partial charge in [-0.1, -0.05) is 29.0 Å². The zero-order valence-corrected chi connectivity index (χ0v) is 16.6. The molecule has 0 aliphatic carbocycles. The summed E-state index contributed by atoms with van der Waals surface area (Å²) in [5.74, 6) is -2.52. The number of carbonyl (C=O) groups is 1. The first-order chi connectivity index (χ1) is 13.9. The van der Waals surface area contributed by atoms with Crippen LogP contribution in [0.2, 0.25) is 5.02 Å². The van der Waals surface area contributed by atoms with Crippen LogP contribution in [0.3, 0.4) is 0 Å². The number of aromatic hydroxyl groups is 2. The van der Waals surface area contributed by atoms with Gasteiger partial charge in [0.05, 0.1) is 22.0 Å². The summed E-state index contributed by atoms with van der Waals surface area (Å²) in [6.07, 6.45) is 0. The molecule has 0 spiro atoms. The van der Waals surface area contributed by atoms with Gasteiger partial charge in [-0.3, -0.25) is 4.57 Å².